The Kier molecular flexibility index (Phi) is 6.72. The van der Waals surface area contributed by atoms with Gasteiger partial charge in [0.15, 0.2) is 5.60 Å². The molecule has 0 aromatic carbocycles. The van der Waals surface area contributed by atoms with Crippen LogP contribution in [0.15, 0.2) is 30.5 Å². The molecular formula is C21H20F6N4O4. The minimum absolute atomic E-state index is 0.00748. The Morgan fingerprint density at radius 2 is 1.83 bits per heavy atom. The molecule has 2 aromatic heterocycles. The van der Waals surface area contributed by atoms with Crippen molar-refractivity contribution in [3.63, 3.8) is 0 Å². The highest BCUT2D eigenvalue weighted by Gasteiger charge is 2.66. The van der Waals surface area contributed by atoms with Crippen molar-refractivity contribution in [3.8, 4) is 5.88 Å². The van der Waals surface area contributed by atoms with Crippen LogP contribution in [0.4, 0.5) is 32.0 Å². The molecule has 8 nitrogen and oxygen atoms in total. The molecule has 2 aromatic rings. The van der Waals surface area contributed by atoms with Crippen molar-refractivity contribution < 1.29 is 45.4 Å². The second kappa shape index (κ2) is 8.98. The molecule has 4 atom stereocenters. The van der Waals surface area contributed by atoms with Gasteiger partial charge in [-0.15, -0.1) is 0 Å². The van der Waals surface area contributed by atoms with Crippen LogP contribution >= 0.6 is 0 Å². The van der Waals surface area contributed by atoms with E-state index in [1.807, 2.05) is 0 Å². The van der Waals surface area contributed by atoms with Crippen molar-refractivity contribution in [2.45, 2.75) is 43.8 Å². The molecule has 2 amide bonds. The van der Waals surface area contributed by atoms with Crippen molar-refractivity contribution >= 4 is 17.5 Å². The third kappa shape index (κ3) is 4.88. The largest absolute Gasteiger partial charge is 0.481 e. The van der Waals surface area contributed by atoms with E-state index in [2.05, 4.69) is 15.3 Å². The van der Waals surface area contributed by atoms with Gasteiger partial charge in [-0.1, -0.05) is 13.0 Å². The van der Waals surface area contributed by atoms with Crippen LogP contribution in [-0.4, -0.2) is 46.8 Å². The van der Waals surface area contributed by atoms with Gasteiger partial charge in [-0.2, -0.15) is 26.3 Å². The molecule has 0 aliphatic carbocycles. The summed E-state index contributed by atoms with van der Waals surface area (Å²) in [5.41, 5.74) is 0.602. The van der Waals surface area contributed by atoms with Gasteiger partial charge in [0.05, 0.1) is 7.11 Å². The first-order valence-electron chi connectivity index (χ1n) is 10.0. The smallest absolute Gasteiger partial charge is 0.433 e. The number of methoxy groups -OCH3 is 1. The van der Waals surface area contributed by atoms with E-state index in [4.69, 9.17) is 15.2 Å². The summed E-state index contributed by atoms with van der Waals surface area (Å²) in [7, 11) is 1.01. The number of hydrogen-bond donors (Lipinski definition) is 2. The topological polar surface area (TPSA) is 116 Å². The first-order chi connectivity index (χ1) is 16.1. The van der Waals surface area contributed by atoms with E-state index in [0.29, 0.717) is 6.07 Å². The molecule has 35 heavy (non-hydrogen) atoms. The van der Waals surface area contributed by atoms with E-state index in [0.717, 1.165) is 32.4 Å². The Labute approximate surface area is 194 Å². The van der Waals surface area contributed by atoms with Gasteiger partial charge in [-0.05, 0) is 25.1 Å². The molecule has 1 unspecified atom stereocenters. The SMILES string of the molecule is COc1nc(C(F)(F)F)ccc1[C@@H]1[C@H](C(=O)Nc2ccnc(C(N)=O)c2)OC(C)(C(F)(F)F)[C@H]1C. The molecule has 0 saturated carbocycles. The van der Waals surface area contributed by atoms with Crippen LogP contribution < -0.4 is 15.8 Å². The number of hydrogen-bond acceptors (Lipinski definition) is 6. The summed E-state index contributed by atoms with van der Waals surface area (Å²) >= 11 is 0. The minimum atomic E-state index is -4.93. The molecule has 0 bridgehead atoms. The van der Waals surface area contributed by atoms with Crippen LogP contribution in [0.25, 0.3) is 0 Å². The Morgan fingerprint density at radius 3 is 2.37 bits per heavy atom. The van der Waals surface area contributed by atoms with E-state index in [-0.39, 0.29) is 16.9 Å². The lowest BCUT2D eigenvalue weighted by Crippen LogP contribution is -2.47. The van der Waals surface area contributed by atoms with E-state index in [1.54, 1.807) is 0 Å². The zero-order valence-electron chi connectivity index (χ0n) is 18.5. The average Bonchev–Trinajstić information content (AvgIpc) is 3.04. The molecule has 1 fully saturated rings. The molecule has 1 aliphatic rings. The van der Waals surface area contributed by atoms with Crippen LogP contribution in [0.5, 0.6) is 5.88 Å². The molecule has 1 aliphatic heterocycles. The average molecular weight is 506 g/mol. The maximum absolute atomic E-state index is 14.0. The summed E-state index contributed by atoms with van der Waals surface area (Å²) in [6, 6.07) is 3.88. The molecule has 190 valence electrons. The van der Waals surface area contributed by atoms with Crippen LogP contribution in [0.3, 0.4) is 0 Å². The fourth-order valence-corrected chi connectivity index (χ4v) is 3.91. The fourth-order valence-electron chi connectivity index (χ4n) is 3.91. The third-order valence-corrected chi connectivity index (χ3v) is 5.94. The van der Waals surface area contributed by atoms with Crippen molar-refractivity contribution in [1.29, 1.82) is 0 Å². The summed E-state index contributed by atoms with van der Waals surface area (Å²) in [6.07, 6.45) is -10.4. The highest BCUT2D eigenvalue weighted by molar-refractivity contribution is 5.97. The molecule has 3 heterocycles. The lowest BCUT2D eigenvalue weighted by Gasteiger charge is -2.31. The lowest BCUT2D eigenvalue weighted by molar-refractivity contribution is -0.272. The molecule has 0 radical (unpaired) electrons. The van der Waals surface area contributed by atoms with Gasteiger partial charge in [0.25, 0.3) is 11.8 Å². The highest BCUT2D eigenvalue weighted by atomic mass is 19.4. The summed E-state index contributed by atoms with van der Waals surface area (Å²) in [5.74, 6) is -5.38. The van der Waals surface area contributed by atoms with Crippen molar-refractivity contribution in [2.75, 3.05) is 12.4 Å². The molecule has 1 saturated heterocycles. The fraction of sp³-hybridized carbons (Fsp3) is 0.429. The quantitative estimate of drug-likeness (QED) is 0.598. The number of amides is 2. The number of nitrogens with one attached hydrogen (secondary N) is 1. The predicted molar refractivity (Wildman–Crippen MR) is 108 cm³/mol. The minimum Gasteiger partial charge on any atom is -0.481 e. The van der Waals surface area contributed by atoms with E-state index >= 15 is 0 Å². The van der Waals surface area contributed by atoms with E-state index in [9.17, 15) is 35.9 Å². The number of primary amides is 1. The Hall–Kier alpha value is -3.42. The Balaban J connectivity index is 2.07. The van der Waals surface area contributed by atoms with Crippen LogP contribution in [0, 0.1) is 5.92 Å². The molecular weight excluding hydrogens is 486 g/mol. The number of rotatable bonds is 5. The second-order valence-electron chi connectivity index (χ2n) is 8.03. The monoisotopic (exact) mass is 506 g/mol. The number of nitrogens with zero attached hydrogens (tertiary/aromatic N) is 2. The van der Waals surface area contributed by atoms with Crippen molar-refractivity contribution in [1.82, 2.24) is 9.97 Å². The zero-order valence-corrected chi connectivity index (χ0v) is 18.5. The third-order valence-electron chi connectivity index (χ3n) is 5.94. The van der Waals surface area contributed by atoms with E-state index in [1.165, 1.54) is 13.0 Å². The van der Waals surface area contributed by atoms with Gasteiger partial charge in [0.2, 0.25) is 5.88 Å². The molecule has 14 heteroatoms. The van der Waals surface area contributed by atoms with Crippen molar-refractivity contribution in [2.24, 2.45) is 11.7 Å². The van der Waals surface area contributed by atoms with Gasteiger partial charge in [0.1, 0.15) is 17.5 Å². The number of carbonyl (C=O) groups excluding carboxylic acids is 2. The molecule has 3 N–H and O–H groups in total. The summed E-state index contributed by atoms with van der Waals surface area (Å²) in [5, 5.41) is 2.34. The first-order valence-corrected chi connectivity index (χ1v) is 10.0. The normalized spacial score (nSPS) is 24.8. The van der Waals surface area contributed by atoms with Crippen LogP contribution in [-0.2, 0) is 15.7 Å². The standard InChI is InChI=1S/C21H20F6N4O4/c1-9-14(11-4-5-13(20(22,23)24)31-18(11)34-3)15(35-19(9,2)21(25,26)27)17(33)30-10-6-7-29-12(8-10)16(28)32/h4-9,14-15H,1-3H3,(H2,28,32)(H,29,30,33)/t9-,14+,15+,19?/m0/s1. The van der Waals surface area contributed by atoms with E-state index < -0.39 is 59.3 Å². The highest BCUT2D eigenvalue weighted by Crippen LogP contribution is 2.54. The first kappa shape index (κ1) is 26.2. The number of pyridine rings is 2. The van der Waals surface area contributed by atoms with Crippen LogP contribution in [0.2, 0.25) is 0 Å². The maximum atomic E-state index is 14.0. The number of carbonyl (C=O) groups is 2. The van der Waals surface area contributed by atoms with Gasteiger partial charge >= 0.3 is 12.4 Å². The van der Waals surface area contributed by atoms with Gasteiger partial charge in [-0.25, -0.2) is 4.98 Å². The summed E-state index contributed by atoms with van der Waals surface area (Å²) in [4.78, 5) is 31.5. The van der Waals surface area contributed by atoms with Gasteiger partial charge in [0, 0.05) is 29.3 Å². The number of alkyl halides is 6. The number of aromatic nitrogens is 2. The Morgan fingerprint density at radius 1 is 1.17 bits per heavy atom. The number of nitrogens with two attached hydrogens (primary N) is 1. The number of anilines is 1. The second-order valence-corrected chi connectivity index (χ2v) is 8.03. The maximum Gasteiger partial charge on any atom is 0.433 e. The lowest BCUT2D eigenvalue weighted by atomic mass is 9.77. The predicted octanol–water partition coefficient (Wildman–Crippen LogP) is 3.68. The molecule has 0 spiro atoms. The zero-order chi connectivity index (χ0) is 26.3. The van der Waals surface area contributed by atoms with Gasteiger partial charge < -0.3 is 20.5 Å². The van der Waals surface area contributed by atoms with Crippen molar-refractivity contribution in [3.05, 3.63) is 47.4 Å². The summed E-state index contributed by atoms with van der Waals surface area (Å²) in [6.45, 7) is 1.92. The summed E-state index contributed by atoms with van der Waals surface area (Å²) < 4.78 is 91.5. The van der Waals surface area contributed by atoms with Gasteiger partial charge in [-0.3, -0.25) is 14.6 Å². The Bertz CT molecular complexity index is 1140. The van der Waals surface area contributed by atoms with Crippen LogP contribution in [0.1, 0.15) is 41.5 Å². The number of halogens is 6. The number of ether oxygens (including phenoxy) is 2. The molecule has 3 rings (SSSR count).